The van der Waals surface area contributed by atoms with Gasteiger partial charge in [0, 0.05) is 25.8 Å². The molecular weight excluding hydrogens is 528 g/mol. The van der Waals surface area contributed by atoms with Gasteiger partial charge in [0.2, 0.25) is 5.43 Å². The number of carbonyl (C=O) groups is 1. The van der Waals surface area contributed by atoms with E-state index in [1.54, 1.807) is 6.20 Å². The Morgan fingerprint density at radius 3 is 2.07 bits per heavy atom. The van der Waals surface area contributed by atoms with Crippen LogP contribution in [0.15, 0.2) is 126 Å². The summed E-state index contributed by atoms with van der Waals surface area (Å²) >= 11 is 1.42. The number of carbonyl (C=O) groups excluding carboxylic acids is 1. The SMILES string of the molecule is O=C(NCc1ccccc1)c1cn(Cc2ccccc2-c2ccccc2)c2sc(NCc3ccccc3)nc2c1=O. The first-order valence-electron chi connectivity index (χ1n) is 13.4. The van der Waals surface area contributed by atoms with Gasteiger partial charge in [0.15, 0.2) is 5.13 Å². The van der Waals surface area contributed by atoms with Crippen molar-refractivity contribution in [3.8, 4) is 11.1 Å². The smallest absolute Gasteiger partial charge is 0.257 e. The van der Waals surface area contributed by atoms with Crippen molar-refractivity contribution in [2.24, 2.45) is 0 Å². The highest BCUT2D eigenvalue weighted by Crippen LogP contribution is 2.29. The molecule has 0 atom stereocenters. The van der Waals surface area contributed by atoms with Crippen LogP contribution in [0.2, 0.25) is 0 Å². The molecule has 2 heterocycles. The number of thiazole rings is 1. The van der Waals surface area contributed by atoms with Crippen molar-refractivity contribution in [3.05, 3.63) is 154 Å². The van der Waals surface area contributed by atoms with Crippen molar-refractivity contribution in [2.45, 2.75) is 19.6 Å². The summed E-state index contributed by atoms with van der Waals surface area (Å²) in [4.78, 5) is 32.3. The van der Waals surface area contributed by atoms with E-state index in [-0.39, 0.29) is 16.5 Å². The molecule has 0 saturated carbocycles. The first-order valence-corrected chi connectivity index (χ1v) is 14.2. The molecule has 2 aromatic heterocycles. The van der Waals surface area contributed by atoms with Crippen LogP contribution in [0.1, 0.15) is 27.0 Å². The molecule has 0 unspecified atom stereocenters. The first kappa shape index (κ1) is 26.2. The van der Waals surface area contributed by atoms with Crippen LogP contribution in [0, 0.1) is 0 Å². The second-order valence-corrected chi connectivity index (χ2v) is 10.7. The Hall–Kier alpha value is -5.01. The van der Waals surface area contributed by atoms with E-state index < -0.39 is 5.91 Å². The fourth-order valence-electron chi connectivity index (χ4n) is 4.80. The molecule has 202 valence electrons. The standard InChI is InChI=1S/C34H28N4O2S/c39-31-29(32(40)35-20-24-12-4-1-5-13-24)23-38(22-27-18-10-11-19-28(27)26-16-8-3-9-17-26)33-30(31)37-34(41-33)36-21-25-14-6-2-7-15-25/h1-19,23H,20-22H2,(H,35,40)(H,36,37). The van der Waals surface area contributed by atoms with Crippen LogP contribution in [-0.2, 0) is 19.6 Å². The van der Waals surface area contributed by atoms with Gasteiger partial charge in [-0.05, 0) is 27.8 Å². The Morgan fingerprint density at radius 2 is 1.37 bits per heavy atom. The Kier molecular flexibility index (Phi) is 7.69. The van der Waals surface area contributed by atoms with Gasteiger partial charge in [0.1, 0.15) is 15.9 Å². The van der Waals surface area contributed by atoms with Gasteiger partial charge >= 0.3 is 0 Å². The molecule has 6 nitrogen and oxygen atoms in total. The summed E-state index contributed by atoms with van der Waals surface area (Å²) < 4.78 is 1.97. The highest BCUT2D eigenvalue weighted by atomic mass is 32.1. The number of fused-ring (bicyclic) bond motifs is 1. The van der Waals surface area contributed by atoms with Crippen LogP contribution in [-0.4, -0.2) is 15.5 Å². The van der Waals surface area contributed by atoms with Crippen LogP contribution >= 0.6 is 11.3 Å². The second kappa shape index (κ2) is 12.0. The largest absolute Gasteiger partial charge is 0.357 e. The molecule has 41 heavy (non-hydrogen) atoms. The van der Waals surface area contributed by atoms with E-state index in [2.05, 4.69) is 39.9 Å². The van der Waals surface area contributed by atoms with Crippen LogP contribution in [0.4, 0.5) is 5.13 Å². The van der Waals surface area contributed by atoms with E-state index in [1.165, 1.54) is 11.3 Å². The molecule has 0 aliphatic heterocycles. The van der Waals surface area contributed by atoms with Crippen LogP contribution in [0.25, 0.3) is 21.5 Å². The third-order valence-electron chi connectivity index (χ3n) is 6.88. The van der Waals surface area contributed by atoms with Gasteiger partial charge in [0.05, 0.1) is 0 Å². The molecule has 0 aliphatic rings. The summed E-state index contributed by atoms with van der Waals surface area (Å²) in [5.74, 6) is -0.419. The van der Waals surface area contributed by atoms with Gasteiger partial charge in [-0.15, -0.1) is 0 Å². The summed E-state index contributed by atoms with van der Waals surface area (Å²) in [7, 11) is 0. The normalized spacial score (nSPS) is 10.9. The molecule has 1 amide bonds. The lowest BCUT2D eigenvalue weighted by Crippen LogP contribution is -2.29. The van der Waals surface area contributed by atoms with E-state index in [0.29, 0.717) is 29.6 Å². The average Bonchev–Trinajstić information content (AvgIpc) is 3.47. The fourth-order valence-corrected chi connectivity index (χ4v) is 5.73. The molecule has 7 heteroatoms. The van der Waals surface area contributed by atoms with E-state index in [9.17, 15) is 9.59 Å². The average molecular weight is 557 g/mol. The maximum Gasteiger partial charge on any atom is 0.257 e. The maximum absolute atomic E-state index is 13.6. The van der Waals surface area contributed by atoms with Crippen molar-refractivity contribution in [2.75, 3.05) is 5.32 Å². The number of rotatable bonds is 9. The Labute approximate surface area is 242 Å². The van der Waals surface area contributed by atoms with Gasteiger partial charge in [-0.1, -0.05) is 127 Å². The molecule has 2 N–H and O–H groups in total. The zero-order valence-corrected chi connectivity index (χ0v) is 23.1. The maximum atomic E-state index is 13.6. The molecule has 4 aromatic carbocycles. The van der Waals surface area contributed by atoms with E-state index in [0.717, 1.165) is 27.8 Å². The Bertz CT molecular complexity index is 1850. The number of amides is 1. The molecule has 0 aliphatic carbocycles. The number of anilines is 1. The van der Waals surface area contributed by atoms with Crippen LogP contribution in [0.5, 0.6) is 0 Å². The van der Waals surface area contributed by atoms with Gasteiger partial charge in [-0.3, -0.25) is 9.59 Å². The molecule has 0 fully saturated rings. The van der Waals surface area contributed by atoms with E-state index in [4.69, 9.17) is 0 Å². The molecular formula is C34H28N4O2S. The zero-order valence-electron chi connectivity index (χ0n) is 22.3. The zero-order chi connectivity index (χ0) is 28.0. The fraction of sp³-hybridized carbons (Fsp3) is 0.0882. The number of aromatic nitrogens is 2. The second-order valence-electron chi connectivity index (χ2n) is 9.70. The van der Waals surface area contributed by atoms with E-state index >= 15 is 0 Å². The van der Waals surface area contributed by atoms with E-state index in [1.807, 2.05) is 95.6 Å². The van der Waals surface area contributed by atoms with Crippen molar-refractivity contribution in [1.82, 2.24) is 14.9 Å². The molecule has 0 radical (unpaired) electrons. The van der Waals surface area contributed by atoms with Crippen LogP contribution in [0.3, 0.4) is 0 Å². The highest BCUT2D eigenvalue weighted by molar-refractivity contribution is 7.21. The summed E-state index contributed by atoms with van der Waals surface area (Å²) in [6.45, 7) is 1.38. The van der Waals surface area contributed by atoms with Gasteiger partial charge in [-0.25, -0.2) is 4.98 Å². The lowest BCUT2D eigenvalue weighted by molar-refractivity contribution is 0.0949. The van der Waals surface area contributed by atoms with Crippen molar-refractivity contribution < 1.29 is 4.79 Å². The predicted molar refractivity (Wildman–Crippen MR) is 166 cm³/mol. The third kappa shape index (κ3) is 5.95. The minimum absolute atomic E-state index is 0.0746. The third-order valence-corrected chi connectivity index (χ3v) is 7.93. The van der Waals surface area contributed by atoms with Crippen LogP contribution < -0.4 is 16.1 Å². The van der Waals surface area contributed by atoms with Gasteiger partial charge in [-0.2, -0.15) is 0 Å². The monoisotopic (exact) mass is 556 g/mol. The Morgan fingerprint density at radius 1 is 0.756 bits per heavy atom. The number of nitrogens with one attached hydrogen (secondary N) is 2. The minimum atomic E-state index is -0.419. The minimum Gasteiger partial charge on any atom is -0.357 e. The number of hydrogen-bond acceptors (Lipinski definition) is 5. The topological polar surface area (TPSA) is 76.0 Å². The van der Waals surface area contributed by atoms with Gasteiger partial charge in [0.25, 0.3) is 5.91 Å². The summed E-state index contributed by atoms with van der Waals surface area (Å²) in [6, 6.07) is 38.1. The number of nitrogens with zero attached hydrogens (tertiary/aromatic N) is 2. The summed E-state index contributed by atoms with van der Waals surface area (Å²) in [5.41, 5.74) is 5.34. The van der Waals surface area contributed by atoms with Crippen molar-refractivity contribution in [1.29, 1.82) is 0 Å². The quantitative estimate of drug-likeness (QED) is 0.207. The van der Waals surface area contributed by atoms with Gasteiger partial charge < -0.3 is 15.2 Å². The number of hydrogen-bond donors (Lipinski definition) is 2. The lowest BCUT2D eigenvalue weighted by Gasteiger charge is -2.14. The summed E-state index contributed by atoms with van der Waals surface area (Å²) in [6.07, 6.45) is 1.67. The number of benzene rings is 4. The molecule has 0 saturated heterocycles. The number of pyridine rings is 1. The Balaban J connectivity index is 1.39. The highest BCUT2D eigenvalue weighted by Gasteiger charge is 2.20. The van der Waals surface area contributed by atoms with Crippen molar-refractivity contribution in [3.63, 3.8) is 0 Å². The lowest BCUT2D eigenvalue weighted by atomic mass is 9.99. The predicted octanol–water partition coefficient (Wildman–Crippen LogP) is 6.72. The summed E-state index contributed by atoms with van der Waals surface area (Å²) in [5, 5.41) is 6.90. The molecule has 0 bridgehead atoms. The first-order chi connectivity index (χ1) is 20.2. The molecule has 0 spiro atoms. The van der Waals surface area contributed by atoms with Crippen molar-refractivity contribution >= 4 is 32.7 Å². The molecule has 6 aromatic rings. The molecule has 6 rings (SSSR count).